The fraction of sp³-hybridized carbons (Fsp3) is 0.143. The standard InChI is InChI=1S/C14H12ClN3O4/c1-9-6-14(20)17(7-12(9)18(21)22)8-13(19)16-11-4-2-10(15)3-5-11/h2-7H,8H2,1H3,(H,16,19). The van der Waals surface area contributed by atoms with Crippen LogP contribution in [0.25, 0.3) is 0 Å². The van der Waals surface area contributed by atoms with Gasteiger partial charge in [-0.05, 0) is 31.2 Å². The molecule has 0 fully saturated rings. The zero-order valence-electron chi connectivity index (χ0n) is 11.6. The molecule has 1 N–H and O–H groups in total. The molecule has 0 saturated heterocycles. The average molecular weight is 322 g/mol. The lowest BCUT2D eigenvalue weighted by molar-refractivity contribution is -0.385. The van der Waals surface area contributed by atoms with Gasteiger partial charge in [0.1, 0.15) is 6.54 Å². The Bertz CT molecular complexity index is 784. The zero-order valence-corrected chi connectivity index (χ0v) is 12.3. The number of anilines is 1. The summed E-state index contributed by atoms with van der Waals surface area (Å²) in [6.07, 6.45) is 1.07. The van der Waals surface area contributed by atoms with E-state index in [-0.39, 0.29) is 17.8 Å². The van der Waals surface area contributed by atoms with Gasteiger partial charge in [-0.3, -0.25) is 24.3 Å². The molecule has 2 aromatic rings. The molecule has 0 radical (unpaired) electrons. The summed E-state index contributed by atoms with van der Waals surface area (Å²) in [6.45, 7) is 1.15. The van der Waals surface area contributed by atoms with Gasteiger partial charge in [-0.25, -0.2) is 0 Å². The number of rotatable bonds is 4. The molecule has 0 spiro atoms. The molecule has 0 unspecified atom stereocenters. The van der Waals surface area contributed by atoms with E-state index in [9.17, 15) is 19.7 Å². The van der Waals surface area contributed by atoms with Gasteiger partial charge >= 0.3 is 0 Å². The molecular weight excluding hydrogens is 310 g/mol. The van der Waals surface area contributed by atoms with Crippen molar-refractivity contribution in [3.63, 3.8) is 0 Å². The highest BCUT2D eigenvalue weighted by molar-refractivity contribution is 6.30. The quantitative estimate of drug-likeness (QED) is 0.690. The maximum atomic E-state index is 11.9. The minimum Gasteiger partial charge on any atom is -0.325 e. The van der Waals surface area contributed by atoms with E-state index in [1.807, 2.05) is 0 Å². The molecule has 2 rings (SSSR count). The molecule has 0 saturated carbocycles. The number of nitro groups is 1. The van der Waals surface area contributed by atoms with Crippen LogP contribution in [0.2, 0.25) is 5.02 Å². The Morgan fingerprint density at radius 2 is 2.00 bits per heavy atom. The SMILES string of the molecule is Cc1cc(=O)n(CC(=O)Nc2ccc(Cl)cc2)cc1[N+](=O)[O-]. The van der Waals surface area contributed by atoms with Crippen LogP contribution < -0.4 is 10.9 Å². The van der Waals surface area contributed by atoms with Gasteiger partial charge in [0, 0.05) is 22.3 Å². The molecule has 0 aliphatic heterocycles. The van der Waals surface area contributed by atoms with Crippen LogP contribution in [-0.2, 0) is 11.3 Å². The van der Waals surface area contributed by atoms with Crippen molar-refractivity contribution in [3.05, 3.63) is 67.6 Å². The number of hydrogen-bond acceptors (Lipinski definition) is 4. The van der Waals surface area contributed by atoms with Crippen molar-refractivity contribution >= 4 is 28.9 Å². The number of nitrogens with zero attached hydrogens (tertiary/aromatic N) is 2. The summed E-state index contributed by atoms with van der Waals surface area (Å²) >= 11 is 5.74. The monoisotopic (exact) mass is 321 g/mol. The average Bonchev–Trinajstić information content (AvgIpc) is 2.44. The minimum atomic E-state index is -0.595. The van der Waals surface area contributed by atoms with Crippen LogP contribution in [0.15, 0.2) is 41.3 Å². The van der Waals surface area contributed by atoms with Gasteiger partial charge in [0.2, 0.25) is 5.91 Å². The highest BCUT2D eigenvalue weighted by Gasteiger charge is 2.14. The van der Waals surface area contributed by atoms with Crippen LogP contribution in [0.4, 0.5) is 11.4 Å². The van der Waals surface area contributed by atoms with Crippen LogP contribution in [0.5, 0.6) is 0 Å². The van der Waals surface area contributed by atoms with Gasteiger partial charge < -0.3 is 5.32 Å². The predicted molar refractivity (Wildman–Crippen MR) is 82.2 cm³/mol. The Hall–Kier alpha value is -2.67. The number of halogens is 1. The Kier molecular flexibility index (Phi) is 4.57. The smallest absolute Gasteiger partial charge is 0.288 e. The maximum Gasteiger partial charge on any atom is 0.288 e. The zero-order chi connectivity index (χ0) is 16.3. The van der Waals surface area contributed by atoms with Crippen molar-refractivity contribution in [2.75, 3.05) is 5.32 Å². The Morgan fingerprint density at radius 3 is 2.59 bits per heavy atom. The van der Waals surface area contributed by atoms with E-state index < -0.39 is 16.4 Å². The molecule has 1 aromatic heterocycles. The van der Waals surface area contributed by atoms with Gasteiger partial charge in [-0.15, -0.1) is 0 Å². The molecule has 0 aliphatic rings. The van der Waals surface area contributed by atoms with Crippen LogP contribution in [0.1, 0.15) is 5.56 Å². The fourth-order valence-electron chi connectivity index (χ4n) is 1.86. The second-order valence-electron chi connectivity index (χ2n) is 4.62. The van der Waals surface area contributed by atoms with E-state index in [2.05, 4.69) is 5.32 Å². The number of hydrogen-bond donors (Lipinski definition) is 1. The topological polar surface area (TPSA) is 94.2 Å². The number of carbonyl (C=O) groups excluding carboxylic acids is 1. The van der Waals surface area contributed by atoms with Crippen LogP contribution in [0, 0.1) is 17.0 Å². The number of nitrogens with one attached hydrogen (secondary N) is 1. The molecule has 1 aromatic carbocycles. The van der Waals surface area contributed by atoms with E-state index in [1.165, 1.54) is 6.92 Å². The molecule has 0 atom stereocenters. The minimum absolute atomic E-state index is 0.209. The third kappa shape index (κ3) is 3.70. The van der Waals surface area contributed by atoms with E-state index in [1.54, 1.807) is 24.3 Å². The molecule has 1 amide bonds. The summed E-state index contributed by atoms with van der Waals surface area (Å²) in [4.78, 5) is 34.0. The summed E-state index contributed by atoms with van der Waals surface area (Å²) in [6, 6.07) is 7.58. The van der Waals surface area contributed by atoms with Crippen molar-refractivity contribution in [1.29, 1.82) is 0 Å². The second-order valence-corrected chi connectivity index (χ2v) is 5.06. The molecule has 114 valence electrons. The lowest BCUT2D eigenvalue weighted by Gasteiger charge is -2.08. The van der Waals surface area contributed by atoms with Gasteiger partial charge in [-0.1, -0.05) is 11.6 Å². The maximum absolute atomic E-state index is 11.9. The lowest BCUT2D eigenvalue weighted by atomic mass is 10.2. The first kappa shape index (κ1) is 15.7. The van der Waals surface area contributed by atoms with E-state index >= 15 is 0 Å². The number of aryl methyl sites for hydroxylation is 1. The number of benzene rings is 1. The van der Waals surface area contributed by atoms with Crippen LogP contribution in [-0.4, -0.2) is 15.4 Å². The molecule has 7 nitrogen and oxygen atoms in total. The second kappa shape index (κ2) is 6.40. The Labute approximate surface area is 130 Å². The third-order valence-corrected chi connectivity index (χ3v) is 3.20. The van der Waals surface area contributed by atoms with Gasteiger partial charge in [0.05, 0.1) is 11.1 Å². The van der Waals surface area contributed by atoms with E-state index in [0.29, 0.717) is 10.7 Å². The van der Waals surface area contributed by atoms with Crippen LogP contribution >= 0.6 is 11.6 Å². The predicted octanol–water partition coefficient (Wildman–Crippen LogP) is 2.36. The van der Waals surface area contributed by atoms with E-state index in [0.717, 1.165) is 16.8 Å². The van der Waals surface area contributed by atoms with Gasteiger partial charge in [-0.2, -0.15) is 0 Å². The van der Waals surface area contributed by atoms with Crippen LogP contribution in [0.3, 0.4) is 0 Å². The number of carbonyl (C=O) groups is 1. The largest absolute Gasteiger partial charge is 0.325 e. The Balaban J connectivity index is 2.18. The normalized spacial score (nSPS) is 10.3. The highest BCUT2D eigenvalue weighted by Crippen LogP contribution is 2.15. The Morgan fingerprint density at radius 1 is 1.36 bits per heavy atom. The molecule has 0 aliphatic carbocycles. The summed E-state index contributed by atoms with van der Waals surface area (Å²) in [5.41, 5.74) is 0.0849. The summed E-state index contributed by atoms with van der Waals surface area (Å²) < 4.78 is 0.996. The van der Waals surface area contributed by atoms with E-state index in [4.69, 9.17) is 11.6 Å². The van der Waals surface area contributed by atoms with Crippen molar-refractivity contribution in [3.8, 4) is 0 Å². The summed E-state index contributed by atoms with van der Waals surface area (Å²) in [5, 5.41) is 14.0. The first-order chi connectivity index (χ1) is 10.4. The highest BCUT2D eigenvalue weighted by atomic mass is 35.5. The number of pyridine rings is 1. The molecule has 22 heavy (non-hydrogen) atoms. The van der Waals surface area contributed by atoms with Crippen molar-refractivity contribution < 1.29 is 9.72 Å². The number of aromatic nitrogens is 1. The van der Waals surface area contributed by atoms with Crippen molar-refractivity contribution in [2.45, 2.75) is 13.5 Å². The summed E-state index contributed by atoms with van der Waals surface area (Å²) in [7, 11) is 0. The summed E-state index contributed by atoms with van der Waals surface area (Å²) in [5.74, 6) is -0.470. The molecule has 0 bridgehead atoms. The van der Waals surface area contributed by atoms with Gasteiger partial charge in [0.15, 0.2) is 0 Å². The first-order valence-electron chi connectivity index (χ1n) is 6.27. The molecule has 1 heterocycles. The fourth-order valence-corrected chi connectivity index (χ4v) is 1.98. The van der Waals surface area contributed by atoms with Crippen molar-refractivity contribution in [1.82, 2.24) is 4.57 Å². The third-order valence-electron chi connectivity index (χ3n) is 2.94. The number of amides is 1. The van der Waals surface area contributed by atoms with Gasteiger partial charge in [0.25, 0.3) is 11.2 Å². The molecule has 8 heteroatoms. The van der Waals surface area contributed by atoms with Crippen molar-refractivity contribution in [2.24, 2.45) is 0 Å². The lowest BCUT2D eigenvalue weighted by Crippen LogP contribution is -2.27. The molecular formula is C14H12ClN3O4. The first-order valence-corrected chi connectivity index (χ1v) is 6.65.